The molecule has 2 aliphatic rings. The van der Waals surface area contributed by atoms with Crippen molar-refractivity contribution in [1.29, 1.82) is 0 Å². The lowest BCUT2D eigenvalue weighted by Gasteiger charge is -2.26. The number of rotatable bonds is 6. The molecular formula is C17H26N2O3S. The van der Waals surface area contributed by atoms with E-state index >= 15 is 0 Å². The molecule has 6 heteroatoms. The second-order valence-electron chi connectivity index (χ2n) is 6.42. The minimum Gasteiger partial charge on any atom is -0.490 e. The number of piperidine rings is 1. The van der Waals surface area contributed by atoms with Crippen LogP contribution in [0.5, 0.6) is 5.75 Å². The average Bonchev–Trinajstić information content (AvgIpc) is 3.08. The Hall–Kier alpha value is -1.11. The fraction of sp³-hybridized carbons (Fsp3) is 0.647. The van der Waals surface area contributed by atoms with Crippen molar-refractivity contribution in [2.24, 2.45) is 0 Å². The van der Waals surface area contributed by atoms with Crippen LogP contribution in [-0.4, -0.2) is 31.9 Å². The van der Waals surface area contributed by atoms with E-state index in [-0.39, 0.29) is 12.6 Å². The molecule has 0 aromatic heterocycles. The maximum Gasteiger partial charge on any atom is 0.279 e. The smallest absolute Gasteiger partial charge is 0.279 e. The Balaban J connectivity index is 1.63. The molecule has 1 heterocycles. The Bertz CT molecular complexity index is 606. The fourth-order valence-corrected chi connectivity index (χ4v) is 4.58. The van der Waals surface area contributed by atoms with Gasteiger partial charge in [-0.3, -0.25) is 0 Å². The molecule has 5 nitrogen and oxygen atoms in total. The number of ether oxygens (including phenoxy) is 1. The molecule has 1 aromatic rings. The Morgan fingerprint density at radius 2 is 1.74 bits per heavy atom. The van der Waals surface area contributed by atoms with Gasteiger partial charge in [-0.15, -0.1) is 0 Å². The van der Waals surface area contributed by atoms with Gasteiger partial charge in [-0.25, -0.2) is 0 Å². The molecule has 1 aliphatic carbocycles. The predicted molar refractivity (Wildman–Crippen MR) is 90.5 cm³/mol. The Morgan fingerprint density at radius 1 is 1.04 bits per heavy atom. The molecule has 0 radical (unpaired) electrons. The normalized spacial score (nSPS) is 20.7. The minimum atomic E-state index is -3.40. The molecule has 1 saturated carbocycles. The summed E-state index contributed by atoms with van der Waals surface area (Å²) >= 11 is 0. The van der Waals surface area contributed by atoms with Crippen LogP contribution in [0, 0.1) is 0 Å². The van der Waals surface area contributed by atoms with E-state index in [9.17, 15) is 8.42 Å². The molecule has 0 bridgehead atoms. The molecule has 128 valence electrons. The molecule has 1 saturated heterocycles. The Morgan fingerprint density at radius 3 is 2.48 bits per heavy atom. The van der Waals surface area contributed by atoms with E-state index in [0.717, 1.165) is 43.4 Å². The maximum absolute atomic E-state index is 12.4. The van der Waals surface area contributed by atoms with Crippen LogP contribution in [-0.2, 0) is 16.8 Å². The van der Waals surface area contributed by atoms with Gasteiger partial charge in [0.15, 0.2) is 0 Å². The van der Waals surface area contributed by atoms with Gasteiger partial charge >= 0.3 is 0 Å². The summed E-state index contributed by atoms with van der Waals surface area (Å²) in [6.45, 7) is 1.52. The summed E-state index contributed by atoms with van der Waals surface area (Å²) in [5.41, 5.74) is 0.903. The molecule has 0 atom stereocenters. The van der Waals surface area contributed by atoms with Gasteiger partial charge in [-0.05, 0) is 44.6 Å². The van der Waals surface area contributed by atoms with Crippen molar-refractivity contribution >= 4 is 10.2 Å². The summed E-state index contributed by atoms with van der Waals surface area (Å²) in [5.74, 6) is 0.806. The van der Waals surface area contributed by atoms with Gasteiger partial charge in [0.05, 0.1) is 6.10 Å². The van der Waals surface area contributed by atoms with E-state index in [1.807, 2.05) is 24.3 Å². The first kappa shape index (κ1) is 16.7. The van der Waals surface area contributed by atoms with Crippen LogP contribution in [0.2, 0.25) is 0 Å². The zero-order chi connectivity index (χ0) is 16.1. The van der Waals surface area contributed by atoms with E-state index in [1.165, 1.54) is 12.8 Å². The zero-order valence-electron chi connectivity index (χ0n) is 13.5. The number of para-hydroxylation sites is 1. The van der Waals surface area contributed by atoms with Crippen molar-refractivity contribution in [3.63, 3.8) is 0 Å². The lowest BCUT2D eigenvalue weighted by Crippen LogP contribution is -2.43. The Kier molecular flexibility index (Phi) is 5.56. The second kappa shape index (κ2) is 7.64. The third kappa shape index (κ3) is 4.46. The number of nitrogens with one attached hydrogen (secondary N) is 1. The highest BCUT2D eigenvalue weighted by Crippen LogP contribution is 2.26. The summed E-state index contributed by atoms with van der Waals surface area (Å²) < 4.78 is 35.1. The van der Waals surface area contributed by atoms with Crippen molar-refractivity contribution in [1.82, 2.24) is 9.03 Å². The van der Waals surface area contributed by atoms with Gasteiger partial charge in [0.25, 0.3) is 10.2 Å². The monoisotopic (exact) mass is 338 g/mol. The number of nitrogens with zero attached hydrogens (tertiary/aromatic N) is 1. The van der Waals surface area contributed by atoms with Crippen molar-refractivity contribution < 1.29 is 13.2 Å². The summed E-state index contributed by atoms with van der Waals surface area (Å²) in [7, 11) is -3.40. The SMILES string of the molecule is O=S(=O)(NCc1ccccc1OC1CCCC1)N1CCCCC1. The minimum absolute atomic E-state index is 0.273. The van der Waals surface area contributed by atoms with Crippen molar-refractivity contribution in [3.05, 3.63) is 29.8 Å². The van der Waals surface area contributed by atoms with Gasteiger partial charge in [0.2, 0.25) is 0 Å². The third-order valence-electron chi connectivity index (χ3n) is 4.67. The molecular weight excluding hydrogens is 312 g/mol. The van der Waals surface area contributed by atoms with Crippen LogP contribution >= 0.6 is 0 Å². The van der Waals surface area contributed by atoms with Gasteiger partial charge in [-0.2, -0.15) is 17.4 Å². The molecule has 1 aromatic carbocycles. The van der Waals surface area contributed by atoms with Gasteiger partial charge in [0.1, 0.15) is 5.75 Å². The number of hydrogen-bond donors (Lipinski definition) is 1. The summed E-state index contributed by atoms with van der Waals surface area (Å²) in [4.78, 5) is 0. The molecule has 2 fully saturated rings. The largest absolute Gasteiger partial charge is 0.490 e. The topological polar surface area (TPSA) is 58.6 Å². The van der Waals surface area contributed by atoms with Gasteiger partial charge in [-0.1, -0.05) is 24.6 Å². The fourth-order valence-electron chi connectivity index (χ4n) is 3.32. The van der Waals surface area contributed by atoms with E-state index < -0.39 is 10.2 Å². The van der Waals surface area contributed by atoms with Gasteiger partial charge < -0.3 is 4.74 Å². The van der Waals surface area contributed by atoms with Crippen molar-refractivity contribution in [3.8, 4) is 5.75 Å². The molecule has 0 amide bonds. The highest BCUT2D eigenvalue weighted by atomic mass is 32.2. The van der Waals surface area contributed by atoms with E-state index in [4.69, 9.17) is 4.74 Å². The first-order valence-corrected chi connectivity index (χ1v) is 10.1. The molecule has 0 spiro atoms. The molecule has 0 unspecified atom stereocenters. The van der Waals surface area contributed by atoms with E-state index in [1.54, 1.807) is 4.31 Å². The number of hydrogen-bond acceptors (Lipinski definition) is 3. The highest BCUT2D eigenvalue weighted by Gasteiger charge is 2.24. The van der Waals surface area contributed by atoms with Crippen molar-refractivity contribution in [2.45, 2.75) is 57.6 Å². The van der Waals surface area contributed by atoms with Crippen LogP contribution in [0.25, 0.3) is 0 Å². The van der Waals surface area contributed by atoms with Crippen LogP contribution in [0.3, 0.4) is 0 Å². The lowest BCUT2D eigenvalue weighted by molar-refractivity contribution is 0.208. The summed E-state index contributed by atoms with van der Waals surface area (Å²) in [6.07, 6.45) is 7.90. The molecule has 3 rings (SSSR count). The Labute approximate surface area is 139 Å². The van der Waals surface area contributed by atoms with Crippen LogP contribution in [0.4, 0.5) is 0 Å². The third-order valence-corrected chi connectivity index (χ3v) is 6.22. The second-order valence-corrected chi connectivity index (χ2v) is 8.17. The molecule has 1 aliphatic heterocycles. The van der Waals surface area contributed by atoms with Crippen LogP contribution in [0.1, 0.15) is 50.5 Å². The average molecular weight is 338 g/mol. The van der Waals surface area contributed by atoms with Crippen LogP contribution in [0.15, 0.2) is 24.3 Å². The predicted octanol–water partition coefficient (Wildman–Crippen LogP) is 2.83. The lowest BCUT2D eigenvalue weighted by atomic mass is 10.2. The summed E-state index contributed by atoms with van der Waals surface area (Å²) in [5, 5.41) is 0. The van der Waals surface area contributed by atoms with E-state index in [0.29, 0.717) is 13.1 Å². The zero-order valence-corrected chi connectivity index (χ0v) is 14.4. The van der Waals surface area contributed by atoms with E-state index in [2.05, 4.69) is 4.72 Å². The summed E-state index contributed by atoms with van der Waals surface area (Å²) in [6, 6.07) is 7.73. The van der Waals surface area contributed by atoms with Crippen LogP contribution < -0.4 is 9.46 Å². The standard InChI is InChI=1S/C17H26N2O3S/c20-23(21,19-12-6-1-7-13-19)18-14-15-8-2-5-11-17(15)22-16-9-3-4-10-16/h2,5,8,11,16,18H,1,3-4,6-7,9-10,12-14H2. The molecule has 23 heavy (non-hydrogen) atoms. The maximum atomic E-state index is 12.4. The highest BCUT2D eigenvalue weighted by molar-refractivity contribution is 7.87. The first-order valence-electron chi connectivity index (χ1n) is 8.64. The number of benzene rings is 1. The van der Waals surface area contributed by atoms with Gasteiger partial charge in [0, 0.05) is 25.2 Å². The quantitative estimate of drug-likeness (QED) is 0.868. The first-order chi connectivity index (χ1) is 11.1. The van der Waals surface area contributed by atoms with Crippen molar-refractivity contribution in [2.75, 3.05) is 13.1 Å². The molecule has 1 N–H and O–H groups in total.